The van der Waals surface area contributed by atoms with Crippen LogP contribution in [0.3, 0.4) is 0 Å². The Morgan fingerprint density at radius 3 is 2.40 bits per heavy atom. The molecule has 15 heavy (non-hydrogen) atoms. The van der Waals surface area contributed by atoms with Crippen LogP contribution in [0.1, 0.15) is 38.5 Å². The van der Waals surface area contributed by atoms with Gasteiger partial charge in [0, 0.05) is 13.2 Å². The maximum Gasteiger partial charge on any atom is 0.311 e. The first-order valence-electron chi connectivity index (χ1n) is 5.71. The third-order valence-electron chi connectivity index (χ3n) is 3.43. The molecule has 4 heteroatoms. The van der Waals surface area contributed by atoms with E-state index in [-0.39, 0.29) is 19.1 Å². The van der Waals surface area contributed by atoms with E-state index in [0.29, 0.717) is 6.42 Å². The fourth-order valence-corrected chi connectivity index (χ4v) is 2.21. The molecule has 0 bridgehead atoms. The van der Waals surface area contributed by atoms with Gasteiger partial charge in [-0.15, -0.1) is 0 Å². The highest BCUT2D eigenvalue weighted by Gasteiger charge is 2.49. The van der Waals surface area contributed by atoms with Crippen LogP contribution in [-0.2, 0) is 4.79 Å². The minimum Gasteiger partial charge on any atom is -0.481 e. The molecular formula is C11H21NO3. The maximum absolute atomic E-state index is 11.3. The number of carboxylic acids is 1. The lowest BCUT2D eigenvalue weighted by Gasteiger charge is -2.27. The van der Waals surface area contributed by atoms with Crippen LogP contribution in [0.15, 0.2) is 0 Å². The van der Waals surface area contributed by atoms with Gasteiger partial charge in [-0.25, -0.2) is 0 Å². The lowest BCUT2D eigenvalue weighted by Crippen LogP contribution is -2.40. The van der Waals surface area contributed by atoms with Gasteiger partial charge in [0.1, 0.15) is 0 Å². The Hall–Kier alpha value is -0.610. The quantitative estimate of drug-likeness (QED) is 0.527. The van der Waals surface area contributed by atoms with Gasteiger partial charge in [0.2, 0.25) is 0 Å². The molecule has 0 aliphatic heterocycles. The Labute approximate surface area is 90.5 Å². The largest absolute Gasteiger partial charge is 0.481 e. The van der Waals surface area contributed by atoms with Gasteiger partial charge < -0.3 is 15.9 Å². The van der Waals surface area contributed by atoms with Crippen molar-refractivity contribution in [3.63, 3.8) is 0 Å². The van der Waals surface area contributed by atoms with E-state index in [2.05, 4.69) is 0 Å². The van der Waals surface area contributed by atoms with Crippen molar-refractivity contribution in [2.75, 3.05) is 13.2 Å². The summed E-state index contributed by atoms with van der Waals surface area (Å²) in [6.45, 7) is 0.429. The molecule has 1 aliphatic rings. The summed E-state index contributed by atoms with van der Waals surface area (Å²) in [4.78, 5) is 11.3. The summed E-state index contributed by atoms with van der Waals surface area (Å²) in [5, 5.41) is 17.9. The van der Waals surface area contributed by atoms with Crippen LogP contribution in [0.2, 0.25) is 0 Å². The van der Waals surface area contributed by atoms with Gasteiger partial charge in [-0.1, -0.05) is 12.8 Å². The number of rotatable bonds is 8. The van der Waals surface area contributed by atoms with Crippen LogP contribution in [-0.4, -0.2) is 29.3 Å². The summed E-state index contributed by atoms with van der Waals surface area (Å²) >= 11 is 0. The number of unbranched alkanes of at least 4 members (excludes halogenated alkanes) is 2. The molecular weight excluding hydrogens is 194 g/mol. The van der Waals surface area contributed by atoms with E-state index in [1.165, 1.54) is 0 Å². The van der Waals surface area contributed by atoms with Gasteiger partial charge in [0.05, 0.1) is 5.41 Å². The number of aliphatic carboxylic acids is 1. The van der Waals surface area contributed by atoms with Crippen molar-refractivity contribution in [1.29, 1.82) is 0 Å². The van der Waals surface area contributed by atoms with Crippen LogP contribution in [0, 0.1) is 11.3 Å². The van der Waals surface area contributed by atoms with Crippen molar-refractivity contribution >= 4 is 5.97 Å². The van der Waals surface area contributed by atoms with Crippen molar-refractivity contribution in [2.45, 2.75) is 38.5 Å². The molecule has 0 aromatic rings. The number of nitrogens with two attached hydrogens (primary N) is 1. The van der Waals surface area contributed by atoms with Gasteiger partial charge >= 0.3 is 5.97 Å². The number of hydrogen-bond acceptors (Lipinski definition) is 3. The highest BCUT2D eigenvalue weighted by molar-refractivity contribution is 5.75. The van der Waals surface area contributed by atoms with Gasteiger partial charge in [-0.3, -0.25) is 4.79 Å². The molecule has 1 unspecified atom stereocenters. The Morgan fingerprint density at radius 1 is 1.33 bits per heavy atom. The first-order valence-corrected chi connectivity index (χ1v) is 5.71. The SMILES string of the molecule is NCC(CCCCCO)(C(=O)O)C1CC1. The standard InChI is InChI=1S/C11H21NO3/c12-8-11(10(14)15,9-4-5-9)6-2-1-3-7-13/h9,13H,1-8,12H2,(H,14,15). The van der Waals surface area contributed by atoms with E-state index < -0.39 is 11.4 Å². The van der Waals surface area contributed by atoms with Crippen molar-refractivity contribution in [2.24, 2.45) is 17.1 Å². The van der Waals surface area contributed by atoms with E-state index in [1.54, 1.807) is 0 Å². The van der Waals surface area contributed by atoms with Crippen LogP contribution in [0.5, 0.6) is 0 Å². The summed E-state index contributed by atoms with van der Waals surface area (Å²) in [6.07, 6.45) is 5.15. The van der Waals surface area contributed by atoms with E-state index >= 15 is 0 Å². The minimum absolute atomic E-state index is 0.187. The van der Waals surface area contributed by atoms with E-state index in [1.807, 2.05) is 0 Å². The van der Waals surface area contributed by atoms with Crippen LogP contribution >= 0.6 is 0 Å². The minimum atomic E-state index is -0.739. The Kier molecular flexibility index (Phi) is 4.54. The number of hydrogen-bond donors (Lipinski definition) is 3. The number of aliphatic hydroxyl groups excluding tert-OH is 1. The number of aliphatic hydroxyl groups is 1. The molecule has 0 amide bonds. The van der Waals surface area contributed by atoms with Crippen LogP contribution in [0.4, 0.5) is 0 Å². The number of carbonyl (C=O) groups is 1. The molecule has 0 heterocycles. The lowest BCUT2D eigenvalue weighted by atomic mass is 9.78. The molecule has 1 fully saturated rings. The van der Waals surface area contributed by atoms with Crippen molar-refractivity contribution in [1.82, 2.24) is 0 Å². The zero-order valence-electron chi connectivity index (χ0n) is 9.11. The van der Waals surface area contributed by atoms with Crippen molar-refractivity contribution in [3.8, 4) is 0 Å². The Bertz CT molecular complexity index is 216. The molecule has 0 saturated heterocycles. The second-order valence-electron chi connectivity index (χ2n) is 4.47. The smallest absolute Gasteiger partial charge is 0.311 e. The maximum atomic E-state index is 11.3. The second kappa shape index (κ2) is 5.47. The van der Waals surface area contributed by atoms with E-state index in [9.17, 15) is 9.90 Å². The molecule has 0 spiro atoms. The fourth-order valence-electron chi connectivity index (χ4n) is 2.21. The Balaban J connectivity index is 2.44. The molecule has 0 aromatic heterocycles. The Morgan fingerprint density at radius 2 is 2.00 bits per heavy atom. The van der Waals surface area contributed by atoms with Crippen molar-refractivity contribution in [3.05, 3.63) is 0 Å². The highest BCUT2D eigenvalue weighted by Crippen LogP contribution is 2.48. The van der Waals surface area contributed by atoms with Crippen LogP contribution < -0.4 is 5.73 Å². The van der Waals surface area contributed by atoms with E-state index in [4.69, 9.17) is 10.8 Å². The molecule has 0 aromatic carbocycles. The van der Waals surface area contributed by atoms with Crippen molar-refractivity contribution < 1.29 is 15.0 Å². The molecule has 1 atom stereocenters. The summed E-state index contributed by atoms with van der Waals surface area (Å²) in [5.41, 5.74) is 4.95. The highest BCUT2D eigenvalue weighted by atomic mass is 16.4. The number of carboxylic acid groups (broad SMARTS) is 1. The first-order chi connectivity index (χ1) is 7.17. The topological polar surface area (TPSA) is 83.5 Å². The molecule has 1 rings (SSSR count). The zero-order chi connectivity index (χ0) is 11.3. The summed E-state index contributed by atoms with van der Waals surface area (Å²) in [7, 11) is 0. The van der Waals surface area contributed by atoms with Gasteiger partial charge in [0.25, 0.3) is 0 Å². The lowest BCUT2D eigenvalue weighted by molar-refractivity contribution is -0.150. The zero-order valence-corrected chi connectivity index (χ0v) is 9.11. The second-order valence-corrected chi connectivity index (χ2v) is 4.47. The third-order valence-corrected chi connectivity index (χ3v) is 3.43. The van der Waals surface area contributed by atoms with Gasteiger partial charge in [-0.2, -0.15) is 0 Å². The molecule has 1 aliphatic carbocycles. The van der Waals surface area contributed by atoms with Gasteiger partial charge in [0.15, 0.2) is 0 Å². The monoisotopic (exact) mass is 215 g/mol. The predicted octanol–water partition coefficient (Wildman–Crippen LogP) is 0.979. The molecule has 4 N–H and O–H groups in total. The predicted molar refractivity (Wildman–Crippen MR) is 57.4 cm³/mol. The average Bonchev–Trinajstić information content (AvgIpc) is 3.02. The summed E-state index contributed by atoms with van der Waals surface area (Å²) in [5.74, 6) is -0.453. The molecule has 4 nitrogen and oxygen atoms in total. The fraction of sp³-hybridized carbons (Fsp3) is 0.909. The molecule has 1 saturated carbocycles. The summed E-state index contributed by atoms with van der Waals surface area (Å²) in [6, 6.07) is 0. The third kappa shape index (κ3) is 2.92. The average molecular weight is 215 g/mol. The van der Waals surface area contributed by atoms with Crippen LogP contribution in [0.25, 0.3) is 0 Å². The normalized spacial score (nSPS) is 19.9. The van der Waals surface area contributed by atoms with Gasteiger partial charge in [-0.05, 0) is 31.6 Å². The van der Waals surface area contributed by atoms with E-state index in [0.717, 1.165) is 32.1 Å². The molecule has 88 valence electrons. The first kappa shape index (κ1) is 12.5. The molecule has 0 radical (unpaired) electrons. The summed E-state index contributed by atoms with van der Waals surface area (Å²) < 4.78 is 0.